The monoisotopic (exact) mass is 411 g/mol. The quantitative estimate of drug-likeness (QED) is 0.517. The maximum atomic E-state index is 12.2. The number of carbonyl (C=O) groups is 1. The summed E-state index contributed by atoms with van der Waals surface area (Å²) >= 11 is 6.12. The second-order valence-corrected chi connectivity index (χ2v) is 6.60. The van der Waals surface area contributed by atoms with Crippen LogP contribution in [0.4, 0.5) is 0 Å². The summed E-state index contributed by atoms with van der Waals surface area (Å²) in [6.07, 6.45) is 0. The molecule has 0 aliphatic carbocycles. The van der Waals surface area contributed by atoms with E-state index >= 15 is 0 Å². The number of amides is 1. The fourth-order valence-corrected chi connectivity index (χ4v) is 2.80. The summed E-state index contributed by atoms with van der Waals surface area (Å²) in [5.41, 5.74) is 1.46. The van der Waals surface area contributed by atoms with Gasteiger partial charge in [-0.1, -0.05) is 35.9 Å². The van der Waals surface area contributed by atoms with Crippen molar-refractivity contribution in [1.82, 2.24) is 5.32 Å². The molecule has 0 spiro atoms. The number of nitrogens with one attached hydrogen (secondary N) is 1. The van der Waals surface area contributed by atoms with Crippen molar-refractivity contribution in [1.29, 1.82) is 0 Å². The molecule has 0 aliphatic heterocycles. The molecule has 6 heteroatoms. The molecule has 1 N–H and O–H groups in total. The topological polar surface area (TPSA) is 56.8 Å². The second-order valence-electron chi connectivity index (χ2n) is 6.19. The summed E-state index contributed by atoms with van der Waals surface area (Å²) in [5.74, 6) is 1.92. The molecule has 0 bridgehead atoms. The Morgan fingerprint density at radius 3 is 2.41 bits per heavy atom. The van der Waals surface area contributed by atoms with Crippen molar-refractivity contribution >= 4 is 17.5 Å². The molecule has 29 heavy (non-hydrogen) atoms. The number of ether oxygens (including phenoxy) is 3. The Bertz CT molecular complexity index is 944. The average molecular weight is 412 g/mol. The SMILES string of the molecule is COc1cccc(OCCNC(=O)c2ccc(OCc3ccccc3Cl)cc2)c1. The summed E-state index contributed by atoms with van der Waals surface area (Å²) in [5, 5.41) is 3.50. The lowest BCUT2D eigenvalue weighted by atomic mass is 10.2. The summed E-state index contributed by atoms with van der Waals surface area (Å²) in [6.45, 7) is 1.12. The van der Waals surface area contributed by atoms with Crippen LogP contribution in [0.2, 0.25) is 5.02 Å². The van der Waals surface area contributed by atoms with Crippen LogP contribution in [0.1, 0.15) is 15.9 Å². The number of hydrogen-bond donors (Lipinski definition) is 1. The van der Waals surface area contributed by atoms with Gasteiger partial charge in [0.1, 0.15) is 30.5 Å². The highest BCUT2D eigenvalue weighted by Crippen LogP contribution is 2.20. The van der Waals surface area contributed by atoms with E-state index in [1.807, 2.05) is 42.5 Å². The summed E-state index contributed by atoms with van der Waals surface area (Å²) < 4.78 is 16.5. The first-order chi connectivity index (χ1) is 14.2. The van der Waals surface area contributed by atoms with E-state index in [-0.39, 0.29) is 5.91 Å². The highest BCUT2D eigenvalue weighted by molar-refractivity contribution is 6.31. The van der Waals surface area contributed by atoms with Crippen molar-refractivity contribution < 1.29 is 19.0 Å². The third kappa shape index (κ3) is 6.16. The largest absolute Gasteiger partial charge is 0.497 e. The summed E-state index contributed by atoms with van der Waals surface area (Å²) in [6, 6.07) is 21.8. The molecule has 0 saturated carbocycles. The van der Waals surface area contributed by atoms with E-state index < -0.39 is 0 Å². The van der Waals surface area contributed by atoms with Crippen LogP contribution in [-0.2, 0) is 6.61 Å². The normalized spacial score (nSPS) is 10.3. The summed E-state index contributed by atoms with van der Waals surface area (Å²) in [4.78, 5) is 12.2. The van der Waals surface area contributed by atoms with Crippen molar-refractivity contribution in [3.63, 3.8) is 0 Å². The maximum absolute atomic E-state index is 12.2. The molecule has 0 unspecified atom stereocenters. The molecule has 0 aliphatic rings. The molecule has 0 heterocycles. The molecular weight excluding hydrogens is 390 g/mol. The minimum atomic E-state index is -0.170. The van der Waals surface area contributed by atoms with Crippen molar-refractivity contribution in [2.24, 2.45) is 0 Å². The standard InChI is InChI=1S/C23H22ClNO4/c1-27-20-6-4-7-21(15-20)28-14-13-25-23(26)17-9-11-19(12-10-17)29-16-18-5-2-3-8-22(18)24/h2-12,15H,13-14,16H2,1H3,(H,25,26). The van der Waals surface area contributed by atoms with Crippen LogP contribution in [0.3, 0.4) is 0 Å². The molecule has 0 aromatic heterocycles. The lowest BCUT2D eigenvalue weighted by Crippen LogP contribution is -2.28. The third-order valence-electron chi connectivity index (χ3n) is 4.17. The molecule has 0 fully saturated rings. The van der Waals surface area contributed by atoms with Crippen LogP contribution < -0.4 is 19.5 Å². The molecule has 5 nitrogen and oxygen atoms in total. The molecule has 150 valence electrons. The Kier molecular flexibility index (Phi) is 7.36. The molecule has 3 rings (SSSR count). The Morgan fingerprint density at radius 1 is 0.897 bits per heavy atom. The molecule has 0 radical (unpaired) electrons. The number of rotatable bonds is 9. The number of halogens is 1. The predicted octanol–water partition coefficient (Wildman–Crippen LogP) is 4.74. The minimum absolute atomic E-state index is 0.170. The van der Waals surface area contributed by atoms with E-state index in [1.54, 1.807) is 37.4 Å². The zero-order chi connectivity index (χ0) is 20.5. The van der Waals surface area contributed by atoms with Crippen LogP contribution in [0.5, 0.6) is 17.2 Å². The number of methoxy groups -OCH3 is 1. The molecular formula is C23H22ClNO4. The van der Waals surface area contributed by atoms with Crippen LogP contribution in [0.25, 0.3) is 0 Å². The van der Waals surface area contributed by atoms with Gasteiger partial charge in [-0.2, -0.15) is 0 Å². The first-order valence-electron chi connectivity index (χ1n) is 9.17. The van der Waals surface area contributed by atoms with Gasteiger partial charge in [0.25, 0.3) is 5.91 Å². The van der Waals surface area contributed by atoms with Crippen molar-refractivity contribution in [2.45, 2.75) is 6.61 Å². The van der Waals surface area contributed by atoms with Crippen LogP contribution in [0.15, 0.2) is 72.8 Å². The van der Waals surface area contributed by atoms with E-state index in [9.17, 15) is 4.79 Å². The van der Waals surface area contributed by atoms with E-state index in [2.05, 4.69) is 5.32 Å². The van der Waals surface area contributed by atoms with Gasteiger partial charge in [-0.05, 0) is 42.5 Å². The van der Waals surface area contributed by atoms with Gasteiger partial charge in [0.2, 0.25) is 0 Å². The average Bonchev–Trinajstić information content (AvgIpc) is 2.76. The van der Waals surface area contributed by atoms with Gasteiger partial charge in [0.05, 0.1) is 13.7 Å². The van der Waals surface area contributed by atoms with Crippen molar-refractivity contribution in [3.05, 3.63) is 88.9 Å². The van der Waals surface area contributed by atoms with Crippen molar-refractivity contribution in [3.8, 4) is 17.2 Å². The van der Waals surface area contributed by atoms with Crippen LogP contribution in [-0.4, -0.2) is 26.2 Å². The number of hydrogen-bond acceptors (Lipinski definition) is 4. The second kappa shape index (κ2) is 10.4. The maximum Gasteiger partial charge on any atom is 0.251 e. The Labute approximate surface area is 175 Å². The first kappa shape index (κ1) is 20.6. The number of benzene rings is 3. The fraction of sp³-hybridized carbons (Fsp3) is 0.174. The van der Waals surface area contributed by atoms with Crippen LogP contribution in [0, 0.1) is 0 Å². The van der Waals surface area contributed by atoms with Gasteiger partial charge in [0.15, 0.2) is 0 Å². The Morgan fingerprint density at radius 2 is 1.66 bits per heavy atom. The van der Waals surface area contributed by atoms with Crippen LogP contribution >= 0.6 is 11.6 Å². The summed E-state index contributed by atoms with van der Waals surface area (Å²) in [7, 11) is 1.60. The van der Waals surface area contributed by atoms with E-state index in [4.69, 9.17) is 25.8 Å². The van der Waals surface area contributed by atoms with E-state index in [0.29, 0.717) is 41.8 Å². The van der Waals surface area contributed by atoms with Gasteiger partial charge in [0, 0.05) is 22.2 Å². The molecule has 1 amide bonds. The highest BCUT2D eigenvalue weighted by Gasteiger charge is 2.06. The van der Waals surface area contributed by atoms with E-state index in [1.165, 1.54) is 0 Å². The smallest absolute Gasteiger partial charge is 0.251 e. The zero-order valence-corrected chi connectivity index (χ0v) is 16.8. The first-order valence-corrected chi connectivity index (χ1v) is 9.55. The Balaban J connectivity index is 1.43. The Hall–Kier alpha value is -3.18. The van der Waals surface area contributed by atoms with E-state index in [0.717, 1.165) is 11.3 Å². The van der Waals surface area contributed by atoms with Gasteiger partial charge in [-0.3, -0.25) is 4.79 Å². The highest BCUT2D eigenvalue weighted by atomic mass is 35.5. The number of carbonyl (C=O) groups excluding carboxylic acids is 1. The van der Waals surface area contributed by atoms with Crippen molar-refractivity contribution in [2.75, 3.05) is 20.3 Å². The van der Waals surface area contributed by atoms with Gasteiger partial charge in [-0.15, -0.1) is 0 Å². The molecule has 0 saturated heterocycles. The zero-order valence-electron chi connectivity index (χ0n) is 16.1. The lowest BCUT2D eigenvalue weighted by molar-refractivity contribution is 0.0947. The fourth-order valence-electron chi connectivity index (χ4n) is 2.61. The lowest BCUT2D eigenvalue weighted by Gasteiger charge is -2.10. The molecule has 3 aromatic carbocycles. The molecule has 3 aromatic rings. The van der Waals surface area contributed by atoms with Gasteiger partial charge < -0.3 is 19.5 Å². The van der Waals surface area contributed by atoms with Gasteiger partial charge in [-0.25, -0.2) is 0 Å². The predicted molar refractivity (Wildman–Crippen MR) is 113 cm³/mol. The minimum Gasteiger partial charge on any atom is -0.497 e. The molecule has 0 atom stereocenters. The van der Waals surface area contributed by atoms with Gasteiger partial charge >= 0.3 is 0 Å². The third-order valence-corrected chi connectivity index (χ3v) is 4.53.